The monoisotopic (exact) mass is 225 g/mol. The molecule has 16 heavy (non-hydrogen) atoms. The van der Waals surface area contributed by atoms with E-state index in [2.05, 4.69) is 0 Å². The van der Waals surface area contributed by atoms with Crippen molar-refractivity contribution in [2.24, 2.45) is 5.92 Å². The van der Waals surface area contributed by atoms with Gasteiger partial charge in [0, 0.05) is 18.0 Å². The molecule has 1 aliphatic heterocycles. The first-order valence-electron chi connectivity index (χ1n) is 5.82. The van der Waals surface area contributed by atoms with Crippen LogP contribution in [-0.2, 0) is 9.53 Å². The Balaban J connectivity index is 1.92. The molecule has 0 aromatic carbocycles. The van der Waals surface area contributed by atoms with Crippen molar-refractivity contribution in [3.05, 3.63) is 0 Å². The van der Waals surface area contributed by atoms with E-state index in [1.807, 2.05) is 20.8 Å². The molecule has 2 fully saturated rings. The Kier molecular flexibility index (Phi) is 2.48. The lowest BCUT2D eigenvalue weighted by molar-refractivity contribution is -0.131. The van der Waals surface area contributed by atoms with Crippen LogP contribution in [-0.4, -0.2) is 35.0 Å². The van der Waals surface area contributed by atoms with Crippen molar-refractivity contribution < 1.29 is 14.3 Å². The number of carbonyl (C=O) groups excluding carboxylic acids is 2. The summed E-state index contributed by atoms with van der Waals surface area (Å²) in [4.78, 5) is 24.2. The van der Waals surface area contributed by atoms with Crippen LogP contribution < -0.4 is 0 Å². The minimum Gasteiger partial charge on any atom is -0.444 e. The van der Waals surface area contributed by atoms with E-state index in [4.69, 9.17) is 4.74 Å². The highest BCUT2D eigenvalue weighted by Crippen LogP contribution is 2.50. The largest absolute Gasteiger partial charge is 0.444 e. The third kappa shape index (κ3) is 1.81. The summed E-state index contributed by atoms with van der Waals surface area (Å²) in [6.07, 6.45) is 3.40. The van der Waals surface area contributed by atoms with Gasteiger partial charge >= 0.3 is 6.09 Å². The molecule has 4 heteroatoms. The number of rotatable bonds is 1. The zero-order chi connectivity index (χ0) is 12.0. The lowest BCUT2D eigenvalue weighted by Gasteiger charge is -2.60. The normalized spacial score (nSPS) is 32.9. The van der Waals surface area contributed by atoms with E-state index in [0.717, 1.165) is 32.1 Å². The molecule has 0 unspecified atom stereocenters. The van der Waals surface area contributed by atoms with Crippen LogP contribution in [0.5, 0.6) is 0 Å². The third-order valence-corrected chi connectivity index (χ3v) is 3.46. The number of hydrogen-bond acceptors (Lipinski definition) is 3. The van der Waals surface area contributed by atoms with Crippen molar-refractivity contribution >= 4 is 12.4 Å². The number of nitrogens with zero attached hydrogens (tertiary/aromatic N) is 1. The average Bonchev–Trinajstić information content (AvgIpc) is 1.96. The van der Waals surface area contributed by atoms with Crippen LogP contribution in [0.3, 0.4) is 0 Å². The van der Waals surface area contributed by atoms with Crippen LogP contribution in [0.1, 0.15) is 40.0 Å². The maximum Gasteiger partial charge on any atom is 0.410 e. The van der Waals surface area contributed by atoms with Crippen molar-refractivity contribution in [3.8, 4) is 0 Å². The van der Waals surface area contributed by atoms with Crippen molar-refractivity contribution in [3.63, 3.8) is 0 Å². The molecule has 1 spiro atoms. The van der Waals surface area contributed by atoms with Gasteiger partial charge in [-0.2, -0.15) is 0 Å². The first kappa shape index (κ1) is 11.4. The molecule has 90 valence electrons. The Morgan fingerprint density at radius 3 is 2.44 bits per heavy atom. The second-order valence-electron chi connectivity index (χ2n) is 5.91. The van der Waals surface area contributed by atoms with E-state index in [-0.39, 0.29) is 17.6 Å². The fourth-order valence-electron chi connectivity index (χ4n) is 2.58. The topological polar surface area (TPSA) is 46.6 Å². The summed E-state index contributed by atoms with van der Waals surface area (Å²) in [6, 6.07) is 0. The molecule has 1 heterocycles. The summed E-state index contributed by atoms with van der Waals surface area (Å²) in [5.74, 6) is 0.144. The summed E-state index contributed by atoms with van der Waals surface area (Å²) in [6.45, 7) is 6.37. The van der Waals surface area contributed by atoms with E-state index in [9.17, 15) is 9.59 Å². The zero-order valence-electron chi connectivity index (χ0n) is 10.2. The molecule has 0 bridgehead atoms. The number of amides is 1. The van der Waals surface area contributed by atoms with Gasteiger partial charge in [0.25, 0.3) is 0 Å². The lowest BCUT2D eigenvalue weighted by Crippen LogP contribution is -2.68. The molecule has 0 atom stereocenters. The van der Waals surface area contributed by atoms with E-state index >= 15 is 0 Å². The summed E-state index contributed by atoms with van der Waals surface area (Å²) in [5.41, 5.74) is -0.490. The summed E-state index contributed by atoms with van der Waals surface area (Å²) in [5, 5.41) is 0. The summed E-state index contributed by atoms with van der Waals surface area (Å²) >= 11 is 0. The molecule has 0 radical (unpaired) electrons. The van der Waals surface area contributed by atoms with Crippen molar-refractivity contribution in [2.75, 3.05) is 6.54 Å². The SMILES string of the molecule is CC(C)(C)OC(=O)N1CCC12CC(C=O)C2. The lowest BCUT2D eigenvalue weighted by atomic mass is 9.62. The minimum atomic E-state index is -0.443. The molecular formula is C12H19NO3. The van der Waals surface area contributed by atoms with Crippen LogP contribution in [0.4, 0.5) is 4.79 Å². The van der Waals surface area contributed by atoms with Gasteiger partial charge in [-0.05, 0) is 40.0 Å². The van der Waals surface area contributed by atoms with Gasteiger partial charge in [-0.1, -0.05) is 0 Å². The molecule has 1 saturated carbocycles. The fourth-order valence-corrected chi connectivity index (χ4v) is 2.58. The highest BCUT2D eigenvalue weighted by Gasteiger charge is 2.56. The molecule has 1 aliphatic carbocycles. The fraction of sp³-hybridized carbons (Fsp3) is 0.833. The van der Waals surface area contributed by atoms with E-state index in [0.29, 0.717) is 0 Å². The maximum atomic E-state index is 11.9. The van der Waals surface area contributed by atoms with E-state index < -0.39 is 5.60 Å². The van der Waals surface area contributed by atoms with Crippen LogP contribution >= 0.6 is 0 Å². The molecule has 1 saturated heterocycles. The first-order chi connectivity index (χ1) is 7.36. The van der Waals surface area contributed by atoms with Gasteiger partial charge in [0.05, 0.1) is 0 Å². The molecule has 0 aromatic rings. The third-order valence-electron chi connectivity index (χ3n) is 3.46. The van der Waals surface area contributed by atoms with Crippen LogP contribution in [0.2, 0.25) is 0 Å². The van der Waals surface area contributed by atoms with Crippen molar-refractivity contribution in [1.82, 2.24) is 4.90 Å². The van der Waals surface area contributed by atoms with Gasteiger partial charge in [0.2, 0.25) is 0 Å². The summed E-state index contributed by atoms with van der Waals surface area (Å²) < 4.78 is 5.34. The highest BCUT2D eigenvalue weighted by atomic mass is 16.6. The molecule has 1 amide bonds. The van der Waals surface area contributed by atoms with Gasteiger partial charge in [-0.15, -0.1) is 0 Å². The second kappa shape index (κ2) is 3.47. The number of hydrogen-bond donors (Lipinski definition) is 0. The molecule has 0 N–H and O–H groups in total. The van der Waals surface area contributed by atoms with Gasteiger partial charge in [0.15, 0.2) is 0 Å². The Morgan fingerprint density at radius 2 is 2.06 bits per heavy atom. The predicted octanol–water partition coefficient (Wildman–Crippen LogP) is 1.97. The summed E-state index contributed by atoms with van der Waals surface area (Å²) in [7, 11) is 0. The molecule has 2 aliphatic rings. The van der Waals surface area contributed by atoms with Crippen LogP contribution in [0.25, 0.3) is 0 Å². The predicted molar refractivity (Wildman–Crippen MR) is 59.1 cm³/mol. The quantitative estimate of drug-likeness (QED) is 0.641. The number of ether oxygens (including phenoxy) is 1. The maximum absolute atomic E-state index is 11.9. The van der Waals surface area contributed by atoms with Gasteiger partial charge < -0.3 is 14.4 Å². The highest BCUT2D eigenvalue weighted by molar-refractivity contribution is 5.71. The first-order valence-corrected chi connectivity index (χ1v) is 5.82. The smallest absolute Gasteiger partial charge is 0.410 e. The molecular weight excluding hydrogens is 206 g/mol. The molecule has 0 aromatic heterocycles. The minimum absolute atomic E-state index is 0.0477. The van der Waals surface area contributed by atoms with E-state index in [1.165, 1.54) is 0 Å². The number of carbonyl (C=O) groups is 2. The van der Waals surface area contributed by atoms with E-state index in [1.54, 1.807) is 4.90 Å². The molecule has 2 rings (SSSR count). The second-order valence-corrected chi connectivity index (χ2v) is 5.91. The van der Waals surface area contributed by atoms with Crippen molar-refractivity contribution in [2.45, 2.75) is 51.2 Å². The van der Waals surface area contributed by atoms with Gasteiger partial charge in [0.1, 0.15) is 11.9 Å². The Labute approximate surface area is 95.9 Å². The zero-order valence-corrected chi connectivity index (χ0v) is 10.2. The number of aldehydes is 1. The Hall–Kier alpha value is -1.06. The number of likely N-dealkylation sites (tertiary alicyclic amines) is 1. The standard InChI is InChI=1S/C12H19NO3/c1-11(2,3)16-10(15)13-5-4-12(13)6-9(7-12)8-14/h8-9H,4-7H2,1-3H3. The van der Waals surface area contributed by atoms with Gasteiger partial charge in [-0.3, -0.25) is 0 Å². The van der Waals surface area contributed by atoms with Crippen LogP contribution in [0.15, 0.2) is 0 Å². The van der Waals surface area contributed by atoms with Gasteiger partial charge in [-0.25, -0.2) is 4.79 Å². The van der Waals surface area contributed by atoms with Crippen molar-refractivity contribution in [1.29, 1.82) is 0 Å². The average molecular weight is 225 g/mol. The Bertz CT molecular complexity index is 313. The Morgan fingerprint density at radius 1 is 1.44 bits per heavy atom. The van der Waals surface area contributed by atoms with Crippen LogP contribution in [0, 0.1) is 5.92 Å². The molecule has 4 nitrogen and oxygen atoms in total.